The lowest BCUT2D eigenvalue weighted by Gasteiger charge is -2.30. The number of hydrogen-bond donors (Lipinski definition) is 0. The molecule has 1 aliphatic carbocycles. The average Bonchev–Trinajstić information content (AvgIpc) is 2.68. The zero-order chi connectivity index (χ0) is 16.4. The number of hydrogen-bond acceptors (Lipinski definition) is 0. The second-order valence-electron chi connectivity index (χ2n) is 6.37. The molecule has 0 aliphatic heterocycles. The third kappa shape index (κ3) is 2.51. The molecule has 0 saturated carbocycles. The molecule has 4 rings (SSSR count). The van der Waals surface area contributed by atoms with Gasteiger partial charge < -0.3 is 0 Å². The molecule has 3 aromatic rings. The largest absolute Gasteiger partial charge is 0.102 e. The van der Waals surface area contributed by atoms with E-state index in [0.29, 0.717) is 0 Å². The Morgan fingerprint density at radius 3 is 2.29 bits per heavy atom. The summed E-state index contributed by atoms with van der Waals surface area (Å²) >= 11 is 0. The maximum Gasteiger partial charge on any atom is 0.0347 e. The van der Waals surface area contributed by atoms with E-state index in [2.05, 4.69) is 104 Å². The monoisotopic (exact) mass is 308 g/mol. The van der Waals surface area contributed by atoms with Gasteiger partial charge in [-0.25, -0.2) is 0 Å². The summed E-state index contributed by atoms with van der Waals surface area (Å²) in [6.45, 7) is 4.13. The second-order valence-corrected chi connectivity index (χ2v) is 6.37. The van der Waals surface area contributed by atoms with Crippen LogP contribution in [-0.2, 0) is 5.41 Å². The number of rotatable bonds is 3. The van der Waals surface area contributed by atoms with E-state index in [4.69, 9.17) is 0 Å². The van der Waals surface area contributed by atoms with Crippen LogP contribution in [0.1, 0.15) is 17.5 Å². The van der Waals surface area contributed by atoms with E-state index in [0.717, 1.165) is 6.42 Å². The van der Waals surface area contributed by atoms with Crippen molar-refractivity contribution in [3.8, 4) is 0 Å². The average molecular weight is 308 g/mol. The Bertz CT molecular complexity index is 944. The molecule has 1 atom stereocenters. The Kier molecular flexibility index (Phi) is 3.66. The maximum atomic E-state index is 4.13. The summed E-state index contributed by atoms with van der Waals surface area (Å²) in [7, 11) is 0. The van der Waals surface area contributed by atoms with Crippen LogP contribution < -0.4 is 0 Å². The summed E-state index contributed by atoms with van der Waals surface area (Å²) in [5, 5.41) is 2.56. The van der Waals surface area contributed by atoms with Gasteiger partial charge in [0.2, 0.25) is 0 Å². The minimum absolute atomic E-state index is 0.123. The Hall–Kier alpha value is -2.86. The van der Waals surface area contributed by atoms with E-state index in [9.17, 15) is 0 Å². The van der Waals surface area contributed by atoms with Gasteiger partial charge in [0.25, 0.3) is 0 Å². The van der Waals surface area contributed by atoms with E-state index in [-0.39, 0.29) is 5.41 Å². The fourth-order valence-corrected chi connectivity index (χ4v) is 3.46. The van der Waals surface area contributed by atoms with Gasteiger partial charge in [-0.15, -0.1) is 6.58 Å². The summed E-state index contributed by atoms with van der Waals surface area (Å²) in [6.07, 6.45) is 9.87. The van der Waals surface area contributed by atoms with Crippen LogP contribution in [0.25, 0.3) is 16.3 Å². The zero-order valence-electron chi connectivity index (χ0n) is 13.7. The van der Waals surface area contributed by atoms with Crippen molar-refractivity contribution in [1.82, 2.24) is 0 Å². The molecule has 0 heterocycles. The summed E-state index contributed by atoms with van der Waals surface area (Å²) in [6, 6.07) is 25.8. The predicted molar refractivity (Wildman–Crippen MR) is 104 cm³/mol. The highest BCUT2D eigenvalue weighted by Crippen LogP contribution is 2.38. The van der Waals surface area contributed by atoms with E-state index in [1.165, 1.54) is 27.5 Å². The fourth-order valence-electron chi connectivity index (χ4n) is 3.46. The van der Waals surface area contributed by atoms with Gasteiger partial charge in [0.1, 0.15) is 0 Å². The van der Waals surface area contributed by atoms with Crippen LogP contribution in [0.15, 0.2) is 104 Å². The van der Waals surface area contributed by atoms with Crippen LogP contribution >= 0.6 is 0 Å². The van der Waals surface area contributed by atoms with Gasteiger partial charge >= 0.3 is 0 Å². The zero-order valence-corrected chi connectivity index (χ0v) is 13.7. The van der Waals surface area contributed by atoms with E-state index in [1.54, 1.807) is 0 Å². The fraction of sp³-hybridized carbons (Fsp3) is 0.0833. The predicted octanol–water partition coefficient (Wildman–Crippen LogP) is 6.31. The van der Waals surface area contributed by atoms with Crippen LogP contribution in [0.4, 0.5) is 0 Å². The van der Waals surface area contributed by atoms with Crippen LogP contribution in [0.2, 0.25) is 0 Å². The molecule has 1 unspecified atom stereocenters. The van der Waals surface area contributed by atoms with Gasteiger partial charge in [-0.3, -0.25) is 0 Å². The first-order valence-corrected chi connectivity index (χ1v) is 8.38. The normalized spacial score (nSPS) is 19.9. The van der Waals surface area contributed by atoms with Gasteiger partial charge in [-0.1, -0.05) is 91.0 Å². The van der Waals surface area contributed by atoms with Crippen molar-refractivity contribution >= 4 is 16.3 Å². The topological polar surface area (TPSA) is 0 Å². The molecule has 0 saturated heterocycles. The molecule has 116 valence electrons. The lowest BCUT2D eigenvalue weighted by atomic mass is 9.73. The standard InChI is InChI=1S/C24H20/c1-2-24(23-13-12-20-10-6-7-11-22(20)18-23)16-14-21(15-17-24)19-8-4-3-5-9-19/h2-16,18H,1,17H2. The van der Waals surface area contributed by atoms with Crippen molar-refractivity contribution in [2.75, 3.05) is 0 Å². The number of allylic oxidation sites excluding steroid dienone is 5. The molecule has 0 bridgehead atoms. The van der Waals surface area contributed by atoms with Gasteiger partial charge in [0, 0.05) is 5.41 Å². The molecule has 0 radical (unpaired) electrons. The molecule has 24 heavy (non-hydrogen) atoms. The molecule has 0 aromatic heterocycles. The third-order valence-corrected chi connectivity index (χ3v) is 4.98. The Labute approximate surface area is 143 Å². The van der Waals surface area contributed by atoms with Crippen LogP contribution in [0.5, 0.6) is 0 Å². The summed E-state index contributed by atoms with van der Waals surface area (Å²) in [4.78, 5) is 0. The van der Waals surface area contributed by atoms with Gasteiger partial charge in [-0.05, 0) is 40.0 Å². The molecule has 0 heteroatoms. The smallest absolute Gasteiger partial charge is 0.0347 e. The van der Waals surface area contributed by atoms with Gasteiger partial charge in [0.05, 0.1) is 0 Å². The lowest BCUT2D eigenvalue weighted by Crippen LogP contribution is -2.21. The summed E-state index contributed by atoms with van der Waals surface area (Å²) in [5.41, 5.74) is 3.73. The Balaban J connectivity index is 1.72. The minimum Gasteiger partial charge on any atom is -0.102 e. The Morgan fingerprint density at radius 2 is 1.58 bits per heavy atom. The first kappa shape index (κ1) is 14.7. The van der Waals surface area contributed by atoms with Crippen LogP contribution in [-0.4, -0.2) is 0 Å². The third-order valence-electron chi connectivity index (χ3n) is 4.98. The highest BCUT2D eigenvalue weighted by Gasteiger charge is 2.27. The van der Waals surface area contributed by atoms with Crippen LogP contribution in [0.3, 0.4) is 0 Å². The molecule has 0 nitrogen and oxygen atoms in total. The molecule has 0 fully saturated rings. The SMILES string of the molecule is C=CC1(c2ccc3ccccc3c2)C=CC(c2ccccc2)=CC1. The lowest BCUT2D eigenvalue weighted by molar-refractivity contribution is 0.680. The summed E-state index contributed by atoms with van der Waals surface area (Å²) < 4.78 is 0. The molecule has 1 aliphatic rings. The van der Waals surface area contributed by atoms with Crippen molar-refractivity contribution in [2.24, 2.45) is 0 Å². The second kappa shape index (κ2) is 5.98. The minimum atomic E-state index is -0.123. The van der Waals surface area contributed by atoms with Crippen molar-refractivity contribution in [2.45, 2.75) is 11.8 Å². The molecular formula is C24H20. The molecular weight excluding hydrogens is 288 g/mol. The van der Waals surface area contributed by atoms with Crippen molar-refractivity contribution in [3.63, 3.8) is 0 Å². The van der Waals surface area contributed by atoms with Crippen molar-refractivity contribution in [1.29, 1.82) is 0 Å². The quantitative estimate of drug-likeness (QED) is 0.497. The van der Waals surface area contributed by atoms with Crippen LogP contribution in [0, 0.1) is 0 Å². The van der Waals surface area contributed by atoms with Crippen molar-refractivity contribution in [3.05, 3.63) is 115 Å². The molecule has 3 aromatic carbocycles. The first-order valence-electron chi connectivity index (χ1n) is 8.38. The highest BCUT2D eigenvalue weighted by molar-refractivity contribution is 5.84. The van der Waals surface area contributed by atoms with Crippen molar-refractivity contribution < 1.29 is 0 Å². The maximum absolute atomic E-state index is 4.13. The molecule has 0 N–H and O–H groups in total. The van der Waals surface area contributed by atoms with E-state index in [1.807, 2.05) is 0 Å². The highest BCUT2D eigenvalue weighted by atomic mass is 14.3. The number of benzene rings is 3. The van der Waals surface area contributed by atoms with E-state index >= 15 is 0 Å². The van der Waals surface area contributed by atoms with Gasteiger partial charge in [0.15, 0.2) is 0 Å². The van der Waals surface area contributed by atoms with E-state index < -0.39 is 0 Å². The Morgan fingerprint density at radius 1 is 0.833 bits per heavy atom. The van der Waals surface area contributed by atoms with Gasteiger partial charge in [-0.2, -0.15) is 0 Å². The first-order chi connectivity index (χ1) is 11.8. The summed E-state index contributed by atoms with van der Waals surface area (Å²) in [5.74, 6) is 0. The number of fused-ring (bicyclic) bond motifs is 1. The molecule has 0 amide bonds. The molecule has 0 spiro atoms.